The van der Waals surface area contributed by atoms with E-state index in [4.69, 9.17) is 10.8 Å². The monoisotopic (exact) mass is 242 g/mol. The summed E-state index contributed by atoms with van der Waals surface area (Å²) in [7, 11) is -1.75. The third kappa shape index (κ3) is 3.10. The van der Waals surface area contributed by atoms with Gasteiger partial charge in [0.2, 0.25) is 0 Å². The van der Waals surface area contributed by atoms with Gasteiger partial charge in [0, 0.05) is 5.41 Å². The largest absolute Gasteiger partial charge is 0.409 e. The molecule has 2 nitrogen and oxygen atoms in total. The van der Waals surface area contributed by atoms with E-state index in [1.807, 2.05) is 34.6 Å². The minimum atomic E-state index is -1.75. The van der Waals surface area contributed by atoms with Crippen molar-refractivity contribution in [3.05, 3.63) is 0 Å². The second kappa shape index (κ2) is 4.18. The van der Waals surface area contributed by atoms with Crippen LogP contribution in [0.2, 0.25) is 19.6 Å². The molecule has 0 aliphatic carbocycles. The predicted octanol–water partition coefficient (Wildman–Crippen LogP) is 3.03. The van der Waals surface area contributed by atoms with Crippen LogP contribution >= 0.6 is 0 Å². The molecule has 0 aliphatic rings. The first-order valence-corrected chi connectivity index (χ1v) is 9.08. The van der Waals surface area contributed by atoms with E-state index in [0.29, 0.717) is 0 Å². The molecule has 1 unspecified atom stereocenters. The fraction of sp³-hybridized carbons (Fsp3) is 0.846. The molecule has 0 saturated heterocycles. The zero-order valence-corrected chi connectivity index (χ0v) is 12.9. The van der Waals surface area contributed by atoms with E-state index in [1.165, 1.54) is 0 Å². The van der Waals surface area contributed by atoms with Crippen LogP contribution in [0.1, 0.15) is 34.6 Å². The van der Waals surface area contributed by atoms with E-state index in [1.54, 1.807) is 0 Å². The van der Waals surface area contributed by atoms with Gasteiger partial charge in [-0.2, -0.15) is 0 Å². The molecule has 0 heterocycles. The Morgan fingerprint density at radius 3 is 1.62 bits per heavy atom. The number of hydrogen-bond donors (Lipinski definition) is 1. The van der Waals surface area contributed by atoms with Gasteiger partial charge in [-0.15, -0.1) is 6.42 Å². The van der Waals surface area contributed by atoms with Crippen molar-refractivity contribution in [2.75, 3.05) is 0 Å². The standard InChI is InChI=1S/C13H26O2Si/c1-10-13(14,11(2,3)4)12(5,6)15-16(7,8)9/h1,14H,2-9H3. The van der Waals surface area contributed by atoms with Crippen molar-refractivity contribution in [2.24, 2.45) is 5.41 Å². The van der Waals surface area contributed by atoms with E-state index in [-0.39, 0.29) is 0 Å². The Balaban J connectivity index is 5.35. The van der Waals surface area contributed by atoms with Crippen LogP contribution in [0.5, 0.6) is 0 Å². The fourth-order valence-corrected chi connectivity index (χ4v) is 3.81. The highest BCUT2D eigenvalue weighted by Gasteiger charge is 2.52. The molecule has 0 rings (SSSR count). The summed E-state index contributed by atoms with van der Waals surface area (Å²) in [5.41, 5.74) is -2.45. The molecule has 1 N–H and O–H groups in total. The predicted molar refractivity (Wildman–Crippen MR) is 71.7 cm³/mol. The van der Waals surface area contributed by atoms with Crippen molar-refractivity contribution in [3.63, 3.8) is 0 Å². The Morgan fingerprint density at radius 2 is 1.44 bits per heavy atom. The van der Waals surface area contributed by atoms with Gasteiger partial charge in [0.25, 0.3) is 0 Å². The lowest BCUT2D eigenvalue weighted by molar-refractivity contribution is -0.139. The van der Waals surface area contributed by atoms with Gasteiger partial charge in [0.1, 0.15) is 0 Å². The van der Waals surface area contributed by atoms with Crippen LogP contribution < -0.4 is 0 Å². The van der Waals surface area contributed by atoms with Crippen LogP contribution in [0.3, 0.4) is 0 Å². The lowest BCUT2D eigenvalue weighted by Crippen LogP contribution is -2.61. The lowest BCUT2D eigenvalue weighted by atomic mass is 9.68. The minimum absolute atomic E-state index is 0.426. The first kappa shape index (κ1) is 15.7. The van der Waals surface area contributed by atoms with Gasteiger partial charge in [-0.3, -0.25) is 0 Å². The average molecular weight is 242 g/mol. The molecule has 0 aromatic carbocycles. The first-order chi connectivity index (χ1) is 6.77. The smallest absolute Gasteiger partial charge is 0.184 e. The van der Waals surface area contributed by atoms with Crippen molar-refractivity contribution >= 4 is 8.32 Å². The summed E-state index contributed by atoms with van der Waals surface area (Å²) < 4.78 is 6.05. The summed E-state index contributed by atoms with van der Waals surface area (Å²) in [6.07, 6.45) is 5.53. The molecule has 1 atom stereocenters. The zero-order chi connectivity index (χ0) is 13.4. The maximum absolute atomic E-state index is 10.7. The van der Waals surface area contributed by atoms with Gasteiger partial charge in [-0.1, -0.05) is 26.7 Å². The van der Waals surface area contributed by atoms with Crippen molar-refractivity contribution < 1.29 is 9.53 Å². The van der Waals surface area contributed by atoms with E-state index in [9.17, 15) is 5.11 Å². The second-order valence-corrected chi connectivity index (χ2v) is 11.3. The lowest BCUT2D eigenvalue weighted by Gasteiger charge is -2.49. The summed E-state index contributed by atoms with van der Waals surface area (Å²) in [5, 5.41) is 10.7. The Morgan fingerprint density at radius 1 is 1.06 bits per heavy atom. The third-order valence-electron chi connectivity index (χ3n) is 2.73. The molecule has 0 aliphatic heterocycles. The highest BCUT2D eigenvalue weighted by Crippen LogP contribution is 2.41. The number of rotatable bonds is 3. The Bertz CT molecular complexity index is 289. The van der Waals surface area contributed by atoms with Crippen LogP contribution in [0.4, 0.5) is 0 Å². The molecule has 0 saturated carbocycles. The minimum Gasteiger partial charge on any atom is -0.409 e. The molecule has 0 spiro atoms. The molecule has 0 fully saturated rings. The fourth-order valence-electron chi connectivity index (χ4n) is 2.13. The highest BCUT2D eigenvalue weighted by molar-refractivity contribution is 6.69. The topological polar surface area (TPSA) is 29.5 Å². The maximum Gasteiger partial charge on any atom is 0.184 e. The molecule has 0 aromatic rings. The summed E-state index contributed by atoms with van der Waals surface area (Å²) >= 11 is 0. The maximum atomic E-state index is 10.7. The molecule has 0 amide bonds. The third-order valence-corrected chi connectivity index (χ3v) is 3.85. The van der Waals surface area contributed by atoms with Crippen LogP contribution in [0.15, 0.2) is 0 Å². The molecule has 94 valence electrons. The second-order valence-electron chi connectivity index (χ2n) is 6.83. The summed E-state index contributed by atoms with van der Waals surface area (Å²) in [4.78, 5) is 0. The van der Waals surface area contributed by atoms with Crippen molar-refractivity contribution in [1.82, 2.24) is 0 Å². The van der Waals surface area contributed by atoms with E-state index in [0.717, 1.165) is 0 Å². The van der Waals surface area contributed by atoms with Crippen LogP contribution in [-0.4, -0.2) is 24.6 Å². The molecule has 0 radical (unpaired) electrons. The van der Waals surface area contributed by atoms with E-state index in [2.05, 4.69) is 25.6 Å². The van der Waals surface area contributed by atoms with Gasteiger partial charge in [-0.25, -0.2) is 0 Å². The molecular formula is C13H26O2Si. The zero-order valence-electron chi connectivity index (χ0n) is 11.9. The quantitative estimate of drug-likeness (QED) is 0.609. The van der Waals surface area contributed by atoms with Gasteiger partial charge in [-0.05, 0) is 33.5 Å². The molecule has 16 heavy (non-hydrogen) atoms. The van der Waals surface area contributed by atoms with Crippen molar-refractivity contribution in [3.8, 4) is 12.3 Å². The molecule has 3 heteroatoms. The SMILES string of the molecule is C#CC(O)(C(C)(C)C)C(C)(C)O[Si](C)(C)C. The Kier molecular flexibility index (Phi) is 4.10. The van der Waals surface area contributed by atoms with Crippen LogP contribution in [0.25, 0.3) is 0 Å². The summed E-state index contributed by atoms with van der Waals surface area (Å²) in [6, 6.07) is 0. The molecule has 0 aromatic heterocycles. The Labute approximate surface area is 102 Å². The van der Waals surface area contributed by atoms with Gasteiger partial charge < -0.3 is 9.53 Å². The van der Waals surface area contributed by atoms with E-state index >= 15 is 0 Å². The van der Waals surface area contributed by atoms with Crippen LogP contribution in [-0.2, 0) is 4.43 Å². The first-order valence-electron chi connectivity index (χ1n) is 5.67. The molecule has 0 bridgehead atoms. The number of terminal acetylenes is 1. The van der Waals surface area contributed by atoms with E-state index < -0.39 is 24.9 Å². The Hall–Kier alpha value is -0.303. The van der Waals surface area contributed by atoms with Gasteiger partial charge in [0.15, 0.2) is 13.9 Å². The van der Waals surface area contributed by atoms with Gasteiger partial charge >= 0.3 is 0 Å². The highest BCUT2D eigenvalue weighted by atomic mass is 28.4. The van der Waals surface area contributed by atoms with Crippen LogP contribution in [0, 0.1) is 17.8 Å². The summed E-state index contributed by atoms with van der Waals surface area (Å²) in [5.74, 6) is 2.53. The number of aliphatic hydroxyl groups is 1. The van der Waals surface area contributed by atoms with Crippen molar-refractivity contribution in [2.45, 2.75) is 65.5 Å². The number of hydrogen-bond acceptors (Lipinski definition) is 2. The normalized spacial score (nSPS) is 17.8. The average Bonchev–Trinajstić information content (AvgIpc) is 1.95. The molecular weight excluding hydrogens is 216 g/mol. The van der Waals surface area contributed by atoms with Gasteiger partial charge in [0.05, 0.1) is 5.60 Å². The van der Waals surface area contributed by atoms with Crippen molar-refractivity contribution in [1.29, 1.82) is 0 Å². The summed E-state index contributed by atoms with van der Waals surface area (Å²) in [6.45, 7) is 15.8.